The zero-order valence-electron chi connectivity index (χ0n) is 12.1. The zero-order chi connectivity index (χ0) is 13.7. The summed E-state index contributed by atoms with van der Waals surface area (Å²) in [7, 11) is 0. The summed E-state index contributed by atoms with van der Waals surface area (Å²) in [6.07, 6.45) is 1.18. The van der Waals surface area contributed by atoms with Gasteiger partial charge in [0.05, 0.1) is 0 Å². The molecule has 0 fully saturated rings. The third-order valence-electron chi connectivity index (χ3n) is 3.88. The molecule has 0 spiro atoms. The maximum atomic E-state index is 5.79. The van der Waals surface area contributed by atoms with Gasteiger partial charge < -0.3 is 11.5 Å². The number of rotatable bonds is 7. The van der Waals surface area contributed by atoms with Crippen LogP contribution in [0.15, 0.2) is 12.1 Å². The highest BCUT2D eigenvalue weighted by molar-refractivity contribution is 7.12. The van der Waals surface area contributed by atoms with E-state index in [-0.39, 0.29) is 0 Å². The van der Waals surface area contributed by atoms with Crippen LogP contribution in [0.4, 0.5) is 0 Å². The molecule has 0 bridgehead atoms. The first-order valence-electron chi connectivity index (χ1n) is 6.98. The summed E-state index contributed by atoms with van der Waals surface area (Å²) >= 11 is 1.95. The van der Waals surface area contributed by atoms with E-state index in [2.05, 4.69) is 39.8 Å². The van der Waals surface area contributed by atoms with Gasteiger partial charge >= 0.3 is 0 Å². The molecule has 104 valence electrons. The molecular formula is C15H28N2S. The zero-order valence-corrected chi connectivity index (χ0v) is 13.0. The Morgan fingerprint density at radius 1 is 1.06 bits per heavy atom. The Hall–Kier alpha value is -0.380. The van der Waals surface area contributed by atoms with Crippen LogP contribution >= 0.6 is 11.3 Å². The third kappa shape index (κ3) is 4.08. The first kappa shape index (κ1) is 15.7. The second-order valence-electron chi connectivity index (χ2n) is 5.78. The number of hydrogen-bond donors (Lipinski definition) is 2. The largest absolute Gasteiger partial charge is 0.330 e. The van der Waals surface area contributed by atoms with Crippen molar-refractivity contribution in [2.24, 2.45) is 29.2 Å². The van der Waals surface area contributed by atoms with Gasteiger partial charge in [-0.25, -0.2) is 0 Å². The van der Waals surface area contributed by atoms with Gasteiger partial charge in [0.1, 0.15) is 0 Å². The van der Waals surface area contributed by atoms with E-state index in [0.29, 0.717) is 30.8 Å². The molecule has 0 aromatic carbocycles. The molecule has 0 saturated carbocycles. The second kappa shape index (κ2) is 7.27. The van der Waals surface area contributed by atoms with Gasteiger partial charge in [0.25, 0.3) is 0 Å². The second-order valence-corrected chi connectivity index (χ2v) is 6.98. The topological polar surface area (TPSA) is 52.0 Å². The highest BCUT2D eigenvalue weighted by Gasteiger charge is 2.23. The molecule has 0 saturated heterocycles. The van der Waals surface area contributed by atoms with Gasteiger partial charge in [-0.1, -0.05) is 27.7 Å². The summed E-state index contributed by atoms with van der Waals surface area (Å²) in [6.45, 7) is 10.5. The average molecular weight is 268 g/mol. The van der Waals surface area contributed by atoms with Crippen LogP contribution in [0.5, 0.6) is 0 Å². The minimum Gasteiger partial charge on any atom is -0.330 e. The van der Waals surface area contributed by atoms with Gasteiger partial charge in [-0.15, -0.1) is 11.3 Å². The predicted molar refractivity (Wildman–Crippen MR) is 82.0 cm³/mol. The molecule has 1 aromatic heterocycles. The molecule has 0 radical (unpaired) electrons. The Kier molecular flexibility index (Phi) is 6.33. The van der Waals surface area contributed by atoms with Crippen LogP contribution in [0.2, 0.25) is 0 Å². The van der Waals surface area contributed by atoms with Crippen molar-refractivity contribution < 1.29 is 0 Å². The molecule has 0 amide bonds. The van der Waals surface area contributed by atoms with Crippen molar-refractivity contribution in [3.63, 3.8) is 0 Å². The van der Waals surface area contributed by atoms with E-state index < -0.39 is 0 Å². The summed E-state index contributed by atoms with van der Waals surface area (Å²) in [5.74, 6) is 2.25. The lowest BCUT2D eigenvalue weighted by Crippen LogP contribution is -2.31. The Morgan fingerprint density at radius 2 is 1.67 bits per heavy atom. The first-order chi connectivity index (χ1) is 8.49. The van der Waals surface area contributed by atoms with Gasteiger partial charge in [-0.3, -0.25) is 0 Å². The highest BCUT2D eigenvalue weighted by Crippen LogP contribution is 2.34. The molecule has 3 heteroatoms. The molecule has 0 aliphatic heterocycles. The molecule has 1 aromatic rings. The number of nitrogens with two attached hydrogens (primary N) is 2. The summed E-state index contributed by atoms with van der Waals surface area (Å²) < 4.78 is 0. The van der Waals surface area contributed by atoms with Crippen molar-refractivity contribution in [3.05, 3.63) is 21.9 Å². The van der Waals surface area contributed by atoms with Gasteiger partial charge in [0, 0.05) is 9.75 Å². The lowest BCUT2D eigenvalue weighted by atomic mass is 9.83. The summed E-state index contributed by atoms with van der Waals surface area (Å²) in [6, 6.07) is 4.57. The molecule has 2 unspecified atom stereocenters. The molecule has 2 nitrogen and oxygen atoms in total. The van der Waals surface area contributed by atoms with E-state index in [9.17, 15) is 0 Å². The molecule has 0 aliphatic rings. The number of hydrogen-bond acceptors (Lipinski definition) is 3. The van der Waals surface area contributed by atoms with Crippen molar-refractivity contribution in [1.82, 2.24) is 0 Å². The van der Waals surface area contributed by atoms with Crippen LogP contribution < -0.4 is 11.5 Å². The van der Waals surface area contributed by atoms with Crippen LogP contribution in [-0.2, 0) is 6.42 Å². The fourth-order valence-electron chi connectivity index (χ4n) is 2.34. The van der Waals surface area contributed by atoms with E-state index >= 15 is 0 Å². The minimum absolute atomic E-state index is 0.427. The monoisotopic (exact) mass is 268 g/mol. The van der Waals surface area contributed by atoms with E-state index in [1.165, 1.54) is 16.2 Å². The average Bonchev–Trinajstić information content (AvgIpc) is 2.77. The van der Waals surface area contributed by atoms with Crippen molar-refractivity contribution in [2.75, 3.05) is 13.1 Å². The van der Waals surface area contributed by atoms with Crippen LogP contribution in [0.1, 0.15) is 43.4 Å². The SMILES string of the molecule is CC(C)Cc1ccc(C(C)C(C)C(CN)CN)s1. The van der Waals surface area contributed by atoms with E-state index in [1.54, 1.807) is 0 Å². The van der Waals surface area contributed by atoms with Crippen molar-refractivity contribution in [2.45, 2.75) is 40.0 Å². The third-order valence-corrected chi connectivity index (χ3v) is 5.19. The van der Waals surface area contributed by atoms with Crippen LogP contribution in [0.25, 0.3) is 0 Å². The predicted octanol–water partition coefficient (Wildman–Crippen LogP) is 3.22. The van der Waals surface area contributed by atoms with Gasteiger partial charge in [-0.05, 0) is 55.3 Å². The molecule has 2 atom stereocenters. The lowest BCUT2D eigenvalue weighted by Gasteiger charge is -2.26. The summed E-state index contributed by atoms with van der Waals surface area (Å²) in [5.41, 5.74) is 11.6. The van der Waals surface area contributed by atoms with Gasteiger partial charge in [0.15, 0.2) is 0 Å². The summed E-state index contributed by atoms with van der Waals surface area (Å²) in [4.78, 5) is 2.97. The Bertz CT molecular complexity index is 342. The Labute approximate surface area is 116 Å². The molecule has 1 heterocycles. The van der Waals surface area contributed by atoms with Gasteiger partial charge in [-0.2, -0.15) is 0 Å². The minimum atomic E-state index is 0.427. The van der Waals surface area contributed by atoms with Crippen molar-refractivity contribution >= 4 is 11.3 Å². The van der Waals surface area contributed by atoms with Crippen molar-refractivity contribution in [3.8, 4) is 0 Å². The molecule has 4 N–H and O–H groups in total. The smallest absolute Gasteiger partial charge is 0.00791 e. The molecular weight excluding hydrogens is 240 g/mol. The quantitative estimate of drug-likeness (QED) is 0.798. The maximum absolute atomic E-state index is 5.79. The molecule has 18 heavy (non-hydrogen) atoms. The van der Waals surface area contributed by atoms with Crippen LogP contribution in [-0.4, -0.2) is 13.1 Å². The Morgan fingerprint density at radius 3 is 2.17 bits per heavy atom. The first-order valence-corrected chi connectivity index (χ1v) is 7.79. The van der Waals surface area contributed by atoms with Crippen LogP contribution in [0.3, 0.4) is 0 Å². The van der Waals surface area contributed by atoms with Gasteiger partial charge in [0.2, 0.25) is 0 Å². The standard InChI is InChI=1S/C15H28N2S/c1-10(2)7-14-5-6-15(18-14)12(4)11(3)13(8-16)9-17/h5-6,10-13H,7-9,16-17H2,1-4H3. The fourth-order valence-corrected chi connectivity index (χ4v) is 3.74. The number of thiophene rings is 1. The molecule has 1 rings (SSSR count). The van der Waals surface area contributed by atoms with Crippen LogP contribution in [0, 0.1) is 17.8 Å². The van der Waals surface area contributed by atoms with E-state index in [1.807, 2.05) is 11.3 Å². The summed E-state index contributed by atoms with van der Waals surface area (Å²) in [5, 5.41) is 0. The lowest BCUT2D eigenvalue weighted by molar-refractivity contribution is 0.331. The normalized spacial score (nSPS) is 15.3. The van der Waals surface area contributed by atoms with Crippen molar-refractivity contribution in [1.29, 1.82) is 0 Å². The van der Waals surface area contributed by atoms with E-state index in [4.69, 9.17) is 11.5 Å². The Balaban J connectivity index is 2.71. The highest BCUT2D eigenvalue weighted by atomic mass is 32.1. The molecule has 0 aliphatic carbocycles. The fraction of sp³-hybridized carbons (Fsp3) is 0.733. The van der Waals surface area contributed by atoms with E-state index in [0.717, 1.165) is 5.92 Å². The maximum Gasteiger partial charge on any atom is 0.00791 e.